The smallest absolute Gasteiger partial charge is 0.339 e. The number of nitrogens with zero attached hydrogens (tertiary/aromatic N) is 2. The standard InChI is InChI=1S/C25H20N2O3S/c28-24(27-12-11-17-6-1-2-7-18(17)15-27)16-30-25(29)20-14-22(23-10-5-13-31-23)26-21-9-4-3-8-19(20)21/h1-10,13-14H,11-12,15-16H2. The second-order valence-electron chi connectivity index (χ2n) is 7.46. The third-order valence-corrected chi connectivity index (χ3v) is 6.41. The van der Waals surface area contributed by atoms with Crippen molar-refractivity contribution < 1.29 is 14.3 Å². The quantitative estimate of drug-likeness (QED) is 0.442. The fourth-order valence-electron chi connectivity index (χ4n) is 3.90. The summed E-state index contributed by atoms with van der Waals surface area (Å²) in [6.45, 7) is 0.910. The van der Waals surface area contributed by atoms with Crippen LogP contribution < -0.4 is 0 Å². The van der Waals surface area contributed by atoms with E-state index in [4.69, 9.17) is 4.74 Å². The Kier molecular flexibility index (Phi) is 5.22. The minimum Gasteiger partial charge on any atom is -0.452 e. The largest absolute Gasteiger partial charge is 0.452 e. The highest BCUT2D eigenvalue weighted by molar-refractivity contribution is 7.13. The number of para-hydroxylation sites is 1. The van der Waals surface area contributed by atoms with Crippen molar-refractivity contribution in [2.24, 2.45) is 0 Å². The molecule has 0 radical (unpaired) electrons. The molecular weight excluding hydrogens is 408 g/mol. The maximum atomic E-state index is 12.9. The Bertz CT molecular complexity index is 1270. The summed E-state index contributed by atoms with van der Waals surface area (Å²) in [6.07, 6.45) is 0.815. The van der Waals surface area contributed by atoms with Crippen LogP contribution in [-0.2, 0) is 22.5 Å². The van der Waals surface area contributed by atoms with Crippen molar-refractivity contribution in [1.82, 2.24) is 9.88 Å². The summed E-state index contributed by atoms with van der Waals surface area (Å²) in [5, 5.41) is 2.69. The normalized spacial score (nSPS) is 13.1. The van der Waals surface area contributed by atoms with E-state index in [9.17, 15) is 9.59 Å². The summed E-state index contributed by atoms with van der Waals surface area (Å²) in [7, 11) is 0. The van der Waals surface area contributed by atoms with Crippen LogP contribution >= 0.6 is 11.3 Å². The molecule has 0 spiro atoms. The second-order valence-corrected chi connectivity index (χ2v) is 8.41. The molecule has 0 fully saturated rings. The van der Waals surface area contributed by atoms with Gasteiger partial charge in [-0.25, -0.2) is 9.78 Å². The molecule has 2 aromatic carbocycles. The number of carbonyl (C=O) groups is 2. The maximum Gasteiger partial charge on any atom is 0.339 e. The van der Waals surface area contributed by atoms with Gasteiger partial charge in [0.2, 0.25) is 0 Å². The highest BCUT2D eigenvalue weighted by Crippen LogP contribution is 2.28. The molecule has 0 unspecified atom stereocenters. The number of rotatable bonds is 4. The first-order valence-corrected chi connectivity index (χ1v) is 11.0. The van der Waals surface area contributed by atoms with Crippen molar-refractivity contribution >= 4 is 34.1 Å². The first kappa shape index (κ1) is 19.5. The summed E-state index contributed by atoms with van der Waals surface area (Å²) in [6, 6.07) is 21.3. The van der Waals surface area contributed by atoms with Crippen molar-refractivity contribution in [3.8, 4) is 10.6 Å². The van der Waals surface area contributed by atoms with Crippen molar-refractivity contribution in [1.29, 1.82) is 0 Å². The Hall–Kier alpha value is -3.51. The van der Waals surface area contributed by atoms with Gasteiger partial charge in [0.1, 0.15) is 0 Å². The molecular formula is C25H20N2O3S. The van der Waals surface area contributed by atoms with Gasteiger partial charge >= 0.3 is 5.97 Å². The molecule has 2 aromatic heterocycles. The van der Waals surface area contributed by atoms with Crippen LogP contribution in [0.2, 0.25) is 0 Å². The molecule has 5 nitrogen and oxygen atoms in total. The molecule has 31 heavy (non-hydrogen) atoms. The average Bonchev–Trinajstić information content (AvgIpc) is 3.36. The monoisotopic (exact) mass is 428 g/mol. The number of esters is 1. The van der Waals surface area contributed by atoms with Gasteiger partial charge in [-0.05, 0) is 41.1 Å². The van der Waals surface area contributed by atoms with E-state index in [1.807, 2.05) is 60.0 Å². The number of hydrogen-bond acceptors (Lipinski definition) is 5. The zero-order chi connectivity index (χ0) is 21.2. The van der Waals surface area contributed by atoms with Gasteiger partial charge < -0.3 is 9.64 Å². The fraction of sp³-hybridized carbons (Fsp3) is 0.160. The lowest BCUT2D eigenvalue weighted by molar-refractivity contribution is -0.135. The Morgan fingerprint density at radius 1 is 1.00 bits per heavy atom. The molecule has 0 saturated heterocycles. The first-order valence-electron chi connectivity index (χ1n) is 10.1. The first-order chi connectivity index (χ1) is 15.2. The third-order valence-electron chi connectivity index (χ3n) is 5.52. The predicted octanol–water partition coefficient (Wildman–Crippen LogP) is 4.71. The van der Waals surface area contributed by atoms with E-state index >= 15 is 0 Å². The zero-order valence-electron chi connectivity index (χ0n) is 16.8. The van der Waals surface area contributed by atoms with Crippen LogP contribution in [0.25, 0.3) is 21.5 Å². The van der Waals surface area contributed by atoms with E-state index in [0.29, 0.717) is 24.0 Å². The summed E-state index contributed by atoms with van der Waals surface area (Å²) in [5.41, 5.74) is 4.28. The van der Waals surface area contributed by atoms with Gasteiger partial charge in [-0.15, -0.1) is 11.3 Å². The van der Waals surface area contributed by atoms with Crippen molar-refractivity contribution in [2.45, 2.75) is 13.0 Å². The number of aromatic nitrogens is 1. The van der Waals surface area contributed by atoms with E-state index < -0.39 is 5.97 Å². The molecule has 1 aliphatic rings. The molecule has 154 valence electrons. The van der Waals surface area contributed by atoms with Gasteiger partial charge in [-0.3, -0.25) is 4.79 Å². The molecule has 0 N–H and O–H groups in total. The minimum atomic E-state index is -0.512. The van der Waals surface area contributed by atoms with E-state index in [1.54, 1.807) is 22.3 Å². The lowest BCUT2D eigenvalue weighted by Gasteiger charge is -2.28. The van der Waals surface area contributed by atoms with E-state index in [1.165, 1.54) is 5.56 Å². The molecule has 0 saturated carbocycles. The van der Waals surface area contributed by atoms with Gasteiger partial charge in [-0.2, -0.15) is 0 Å². The maximum absolute atomic E-state index is 12.9. The molecule has 5 rings (SSSR count). The highest BCUT2D eigenvalue weighted by atomic mass is 32.1. The van der Waals surface area contributed by atoms with Crippen molar-refractivity contribution in [3.05, 3.63) is 88.8 Å². The van der Waals surface area contributed by atoms with Gasteiger partial charge in [0.05, 0.1) is 21.7 Å². The van der Waals surface area contributed by atoms with Crippen LogP contribution in [0.15, 0.2) is 72.1 Å². The second kappa shape index (κ2) is 8.32. The van der Waals surface area contributed by atoms with E-state index in [0.717, 1.165) is 28.1 Å². The zero-order valence-corrected chi connectivity index (χ0v) is 17.6. The molecule has 0 bridgehead atoms. The van der Waals surface area contributed by atoms with Crippen LogP contribution in [0, 0.1) is 0 Å². The fourth-order valence-corrected chi connectivity index (χ4v) is 4.59. The number of ether oxygens (including phenoxy) is 1. The molecule has 0 atom stereocenters. The molecule has 1 aliphatic heterocycles. The van der Waals surface area contributed by atoms with Crippen LogP contribution in [0.3, 0.4) is 0 Å². The van der Waals surface area contributed by atoms with Crippen LogP contribution in [0.1, 0.15) is 21.5 Å². The number of hydrogen-bond donors (Lipinski definition) is 0. The van der Waals surface area contributed by atoms with Crippen molar-refractivity contribution in [2.75, 3.05) is 13.2 Å². The summed E-state index contributed by atoms with van der Waals surface area (Å²) >= 11 is 1.56. The van der Waals surface area contributed by atoms with Crippen LogP contribution in [0.5, 0.6) is 0 Å². The lowest BCUT2D eigenvalue weighted by Crippen LogP contribution is -2.38. The SMILES string of the molecule is O=C(OCC(=O)N1CCc2ccccc2C1)c1cc(-c2cccs2)nc2ccccc12. The molecule has 3 heterocycles. The topological polar surface area (TPSA) is 59.5 Å². The lowest BCUT2D eigenvalue weighted by atomic mass is 10.00. The number of pyridine rings is 1. The van der Waals surface area contributed by atoms with Crippen molar-refractivity contribution in [3.63, 3.8) is 0 Å². The van der Waals surface area contributed by atoms with Crippen LogP contribution in [-0.4, -0.2) is 34.9 Å². The summed E-state index contributed by atoms with van der Waals surface area (Å²) < 4.78 is 5.46. The summed E-state index contributed by atoms with van der Waals surface area (Å²) in [4.78, 5) is 33.0. The highest BCUT2D eigenvalue weighted by Gasteiger charge is 2.22. The number of amides is 1. The Balaban J connectivity index is 1.34. The molecule has 4 aromatic rings. The van der Waals surface area contributed by atoms with Crippen LogP contribution in [0.4, 0.5) is 0 Å². The van der Waals surface area contributed by atoms with E-state index in [-0.39, 0.29) is 12.5 Å². The third kappa shape index (κ3) is 3.94. The predicted molar refractivity (Wildman–Crippen MR) is 121 cm³/mol. The minimum absolute atomic E-state index is 0.181. The molecule has 1 amide bonds. The number of carbonyl (C=O) groups excluding carboxylic acids is 2. The number of thiophene rings is 1. The summed E-state index contributed by atoms with van der Waals surface area (Å²) in [5.74, 6) is -0.693. The van der Waals surface area contributed by atoms with Gasteiger partial charge in [0.25, 0.3) is 5.91 Å². The van der Waals surface area contributed by atoms with Gasteiger partial charge in [0, 0.05) is 18.5 Å². The Labute approximate surface area is 183 Å². The molecule has 6 heteroatoms. The molecule has 0 aliphatic carbocycles. The number of benzene rings is 2. The van der Waals surface area contributed by atoms with Gasteiger partial charge in [-0.1, -0.05) is 48.5 Å². The van der Waals surface area contributed by atoms with Gasteiger partial charge in [0.15, 0.2) is 6.61 Å². The Morgan fingerprint density at radius 3 is 2.65 bits per heavy atom. The average molecular weight is 429 g/mol. The van der Waals surface area contributed by atoms with E-state index in [2.05, 4.69) is 11.1 Å². The Morgan fingerprint density at radius 2 is 1.81 bits per heavy atom. The number of fused-ring (bicyclic) bond motifs is 2.